The van der Waals surface area contributed by atoms with Crippen LogP contribution in [-0.4, -0.2) is 16.3 Å². The lowest BCUT2D eigenvalue weighted by Crippen LogP contribution is -2.25. The largest absolute Gasteiger partial charge is 0.305 e. The summed E-state index contributed by atoms with van der Waals surface area (Å²) in [6, 6.07) is 5.85. The summed E-state index contributed by atoms with van der Waals surface area (Å²) in [5.74, 6) is -1.65. The summed E-state index contributed by atoms with van der Waals surface area (Å²) in [5, 5.41) is 7.81. The molecule has 1 aromatic heterocycles. The first-order chi connectivity index (χ1) is 10.1. The molecule has 0 aliphatic heterocycles. The van der Waals surface area contributed by atoms with E-state index >= 15 is 0 Å². The van der Waals surface area contributed by atoms with Crippen molar-refractivity contribution in [1.82, 2.24) is 15.1 Å². The SMILES string of the molecule is CCCNC(c1ccc(F)c(F)c1)c1cc(CC)nn1C. The van der Waals surface area contributed by atoms with E-state index in [1.54, 1.807) is 10.7 Å². The second-order valence-electron chi connectivity index (χ2n) is 5.10. The maximum absolute atomic E-state index is 13.5. The highest BCUT2D eigenvalue weighted by molar-refractivity contribution is 5.30. The van der Waals surface area contributed by atoms with Crippen molar-refractivity contribution in [2.45, 2.75) is 32.7 Å². The molecule has 0 aliphatic rings. The molecule has 3 nitrogen and oxygen atoms in total. The monoisotopic (exact) mass is 293 g/mol. The average molecular weight is 293 g/mol. The van der Waals surface area contributed by atoms with Gasteiger partial charge in [0.1, 0.15) is 0 Å². The van der Waals surface area contributed by atoms with Gasteiger partial charge in [0.15, 0.2) is 11.6 Å². The van der Waals surface area contributed by atoms with E-state index in [0.717, 1.165) is 30.8 Å². The molecule has 0 saturated heterocycles. The number of hydrogen-bond donors (Lipinski definition) is 1. The number of nitrogens with one attached hydrogen (secondary N) is 1. The van der Waals surface area contributed by atoms with E-state index in [9.17, 15) is 8.78 Å². The number of benzene rings is 1. The van der Waals surface area contributed by atoms with E-state index in [2.05, 4.69) is 17.3 Å². The third-order valence-corrected chi connectivity index (χ3v) is 3.50. The molecule has 1 N–H and O–H groups in total. The van der Waals surface area contributed by atoms with Crippen LogP contribution in [0.25, 0.3) is 0 Å². The van der Waals surface area contributed by atoms with Crippen molar-refractivity contribution in [3.8, 4) is 0 Å². The van der Waals surface area contributed by atoms with Crippen molar-refractivity contribution >= 4 is 0 Å². The Balaban J connectivity index is 2.41. The quantitative estimate of drug-likeness (QED) is 0.885. The molecule has 1 atom stereocenters. The Morgan fingerprint density at radius 2 is 1.95 bits per heavy atom. The molecule has 2 aromatic rings. The Kier molecular flexibility index (Phi) is 5.07. The molecular weight excluding hydrogens is 272 g/mol. The summed E-state index contributed by atoms with van der Waals surface area (Å²) < 4.78 is 28.5. The number of nitrogens with zero attached hydrogens (tertiary/aromatic N) is 2. The van der Waals surface area contributed by atoms with E-state index in [0.29, 0.717) is 5.56 Å². The minimum Gasteiger partial charge on any atom is -0.305 e. The van der Waals surface area contributed by atoms with E-state index in [-0.39, 0.29) is 6.04 Å². The highest BCUT2D eigenvalue weighted by Crippen LogP contribution is 2.24. The zero-order chi connectivity index (χ0) is 15.4. The average Bonchev–Trinajstić information content (AvgIpc) is 2.84. The molecule has 21 heavy (non-hydrogen) atoms. The molecule has 5 heteroatoms. The lowest BCUT2D eigenvalue weighted by molar-refractivity contribution is 0.500. The van der Waals surface area contributed by atoms with E-state index in [1.807, 2.05) is 20.0 Å². The fourth-order valence-corrected chi connectivity index (χ4v) is 2.36. The highest BCUT2D eigenvalue weighted by atomic mass is 19.2. The van der Waals surface area contributed by atoms with Gasteiger partial charge in [-0.05, 0) is 43.1 Å². The Morgan fingerprint density at radius 1 is 1.19 bits per heavy atom. The standard InChI is InChI=1S/C16H21F2N3/c1-4-8-19-16(11-6-7-13(17)14(18)9-11)15-10-12(5-2)20-21(15)3/h6-7,9-10,16,19H,4-5,8H2,1-3H3. The first-order valence-corrected chi connectivity index (χ1v) is 7.28. The first-order valence-electron chi connectivity index (χ1n) is 7.28. The number of aryl methyl sites for hydroxylation is 2. The van der Waals surface area contributed by atoms with E-state index in [1.165, 1.54) is 12.1 Å². The molecule has 0 bridgehead atoms. The van der Waals surface area contributed by atoms with Crippen LogP contribution in [0, 0.1) is 11.6 Å². The van der Waals surface area contributed by atoms with Crippen LogP contribution in [0.5, 0.6) is 0 Å². The molecule has 0 aliphatic carbocycles. The molecule has 1 heterocycles. The van der Waals surface area contributed by atoms with Crippen LogP contribution in [0.1, 0.15) is 43.3 Å². The van der Waals surface area contributed by atoms with Gasteiger partial charge in [0.2, 0.25) is 0 Å². The third kappa shape index (κ3) is 3.47. The molecular formula is C16H21F2N3. The zero-order valence-corrected chi connectivity index (χ0v) is 12.7. The summed E-state index contributed by atoms with van der Waals surface area (Å²) >= 11 is 0. The van der Waals surface area contributed by atoms with Gasteiger partial charge in [0, 0.05) is 7.05 Å². The van der Waals surface area contributed by atoms with E-state index in [4.69, 9.17) is 0 Å². The Labute approximate surface area is 124 Å². The van der Waals surface area contributed by atoms with Crippen molar-refractivity contribution < 1.29 is 8.78 Å². The highest BCUT2D eigenvalue weighted by Gasteiger charge is 2.19. The van der Waals surface area contributed by atoms with Crippen molar-refractivity contribution in [3.05, 3.63) is 52.9 Å². The molecule has 2 rings (SSSR count). The second-order valence-corrected chi connectivity index (χ2v) is 5.10. The number of halogens is 2. The summed E-state index contributed by atoms with van der Waals surface area (Å²) in [4.78, 5) is 0. The van der Waals surface area contributed by atoms with Gasteiger partial charge in [0.05, 0.1) is 17.4 Å². The molecule has 0 spiro atoms. The number of aromatic nitrogens is 2. The van der Waals surface area contributed by atoms with Crippen molar-refractivity contribution in [2.24, 2.45) is 7.05 Å². The van der Waals surface area contributed by atoms with Gasteiger partial charge in [-0.15, -0.1) is 0 Å². The number of rotatable bonds is 6. The van der Waals surface area contributed by atoms with Crippen LogP contribution >= 0.6 is 0 Å². The molecule has 114 valence electrons. The van der Waals surface area contributed by atoms with Crippen molar-refractivity contribution in [3.63, 3.8) is 0 Å². The zero-order valence-electron chi connectivity index (χ0n) is 12.7. The van der Waals surface area contributed by atoms with Gasteiger partial charge in [0.25, 0.3) is 0 Å². The molecule has 0 fully saturated rings. The molecule has 1 unspecified atom stereocenters. The van der Waals surface area contributed by atoms with Gasteiger partial charge in [-0.25, -0.2) is 8.78 Å². The predicted octanol–water partition coefficient (Wildman–Crippen LogP) is 3.35. The second kappa shape index (κ2) is 6.80. The Hall–Kier alpha value is -1.75. The molecule has 0 saturated carbocycles. The lowest BCUT2D eigenvalue weighted by atomic mass is 10.0. The molecule has 1 aromatic carbocycles. The predicted molar refractivity (Wildman–Crippen MR) is 79.1 cm³/mol. The lowest BCUT2D eigenvalue weighted by Gasteiger charge is -2.19. The van der Waals surface area contributed by atoms with Gasteiger partial charge < -0.3 is 5.32 Å². The fourth-order valence-electron chi connectivity index (χ4n) is 2.36. The fraction of sp³-hybridized carbons (Fsp3) is 0.438. The maximum atomic E-state index is 13.5. The minimum absolute atomic E-state index is 0.196. The van der Waals surface area contributed by atoms with Gasteiger partial charge >= 0.3 is 0 Å². The number of hydrogen-bond acceptors (Lipinski definition) is 2. The Morgan fingerprint density at radius 3 is 2.52 bits per heavy atom. The van der Waals surface area contributed by atoms with Crippen LogP contribution in [0.4, 0.5) is 8.78 Å². The maximum Gasteiger partial charge on any atom is 0.159 e. The van der Waals surface area contributed by atoms with Crippen LogP contribution in [0.15, 0.2) is 24.3 Å². The van der Waals surface area contributed by atoms with Gasteiger partial charge in [-0.3, -0.25) is 4.68 Å². The summed E-state index contributed by atoms with van der Waals surface area (Å²) in [6.07, 6.45) is 1.80. The molecule has 0 radical (unpaired) electrons. The van der Waals surface area contributed by atoms with Crippen LogP contribution < -0.4 is 5.32 Å². The minimum atomic E-state index is -0.827. The first kappa shape index (κ1) is 15.6. The van der Waals surface area contributed by atoms with Crippen LogP contribution in [-0.2, 0) is 13.5 Å². The van der Waals surface area contributed by atoms with E-state index < -0.39 is 11.6 Å². The molecule has 0 amide bonds. The normalized spacial score (nSPS) is 12.6. The van der Waals surface area contributed by atoms with Crippen molar-refractivity contribution in [2.75, 3.05) is 6.54 Å². The third-order valence-electron chi connectivity index (χ3n) is 3.50. The Bertz CT molecular complexity index is 608. The topological polar surface area (TPSA) is 29.9 Å². The van der Waals surface area contributed by atoms with Crippen molar-refractivity contribution in [1.29, 1.82) is 0 Å². The van der Waals surface area contributed by atoms with Crippen LogP contribution in [0.3, 0.4) is 0 Å². The summed E-state index contributed by atoms with van der Waals surface area (Å²) in [5.41, 5.74) is 2.64. The van der Waals surface area contributed by atoms with Crippen LogP contribution in [0.2, 0.25) is 0 Å². The smallest absolute Gasteiger partial charge is 0.159 e. The summed E-state index contributed by atoms with van der Waals surface area (Å²) in [7, 11) is 1.87. The van der Waals surface area contributed by atoms with Gasteiger partial charge in [-0.2, -0.15) is 5.10 Å². The van der Waals surface area contributed by atoms with Gasteiger partial charge in [-0.1, -0.05) is 19.9 Å². The summed E-state index contributed by atoms with van der Waals surface area (Å²) in [6.45, 7) is 4.89.